The van der Waals surface area contributed by atoms with E-state index in [9.17, 15) is 4.79 Å². The topological polar surface area (TPSA) is 49.8 Å². The summed E-state index contributed by atoms with van der Waals surface area (Å²) in [6.45, 7) is 4.31. The van der Waals surface area contributed by atoms with Gasteiger partial charge in [-0.2, -0.15) is 0 Å². The van der Waals surface area contributed by atoms with Crippen LogP contribution in [0.3, 0.4) is 0 Å². The van der Waals surface area contributed by atoms with Crippen molar-refractivity contribution in [3.63, 3.8) is 0 Å². The molecule has 0 spiro atoms. The molecule has 1 fully saturated rings. The van der Waals surface area contributed by atoms with Crippen LogP contribution in [0.1, 0.15) is 26.2 Å². The van der Waals surface area contributed by atoms with Crippen LogP contribution >= 0.6 is 0 Å². The molecule has 0 saturated heterocycles. The van der Waals surface area contributed by atoms with Crippen molar-refractivity contribution in [1.29, 1.82) is 0 Å². The molecule has 1 unspecified atom stereocenters. The number of aliphatic carboxylic acids is 1. The van der Waals surface area contributed by atoms with Gasteiger partial charge in [0.1, 0.15) is 0 Å². The number of ether oxygens (including phenoxy) is 1. The second-order valence-electron chi connectivity index (χ2n) is 4.45. The largest absolute Gasteiger partial charge is 0.481 e. The molecule has 1 N–H and O–H groups in total. The zero-order valence-corrected chi connectivity index (χ0v) is 9.61. The summed E-state index contributed by atoms with van der Waals surface area (Å²) < 4.78 is 5.49. The molecule has 1 aliphatic carbocycles. The molecular weight excluding hydrogens is 194 g/mol. The molecule has 0 aromatic heterocycles. The molecule has 15 heavy (non-hydrogen) atoms. The zero-order chi connectivity index (χ0) is 11.3. The monoisotopic (exact) mass is 215 g/mol. The summed E-state index contributed by atoms with van der Waals surface area (Å²) in [5.74, 6) is 0.0556. The smallest absolute Gasteiger partial charge is 0.304 e. The standard InChI is InChI=1S/C11H21NO3/c1-9(7-11(13)14)12(2)5-6-15-8-10-3-4-10/h9-10H,3-8H2,1-2H3,(H,13,14). The summed E-state index contributed by atoms with van der Waals surface area (Å²) in [5.41, 5.74) is 0. The Bertz CT molecular complexity index is 204. The number of likely N-dealkylation sites (N-methyl/N-ethyl adjacent to an activating group) is 1. The molecule has 4 heteroatoms. The Hall–Kier alpha value is -0.610. The van der Waals surface area contributed by atoms with Gasteiger partial charge >= 0.3 is 5.97 Å². The first-order valence-corrected chi connectivity index (χ1v) is 5.59. The molecule has 1 rings (SSSR count). The van der Waals surface area contributed by atoms with Gasteiger partial charge in [-0.3, -0.25) is 4.79 Å². The second kappa shape index (κ2) is 6.08. The average Bonchev–Trinajstić information content (AvgIpc) is 2.94. The fraction of sp³-hybridized carbons (Fsp3) is 0.909. The van der Waals surface area contributed by atoms with Crippen LogP contribution in [0.4, 0.5) is 0 Å². The molecular formula is C11H21NO3. The second-order valence-corrected chi connectivity index (χ2v) is 4.45. The van der Waals surface area contributed by atoms with Gasteiger partial charge in [0.15, 0.2) is 0 Å². The molecule has 0 aromatic carbocycles. The van der Waals surface area contributed by atoms with Gasteiger partial charge in [-0.15, -0.1) is 0 Å². The van der Waals surface area contributed by atoms with E-state index in [1.807, 2.05) is 18.9 Å². The van der Waals surface area contributed by atoms with E-state index in [0.717, 1.165) is 19.1 Å². The van der Waals surface area contributed by atoms with Crippen molar-refractivity contribution in [2.45, 2.75) is 32.2 Å². The van der Waals surface area contributed by atoms with Crippen LogP contribution in [0.5, 0.6) is 0 Å². The van der Waals surface area contributed by atoms with E-state index in [1.165, 1.54) is 12.8 Å². The fourth-order valence-electron chi connectivity index (χ4n) is 1.37. The number of nitrogens with zero attached hydrogens (tertiary/aromatic N) is 1. The SMILES string of the molecule is CC(CC(=O)O)N(C)CCOCC1CC1. The highest BCUT2D eigenvalue weighted by Gasteiger charge is 2.21. The lowest BCUT2D eigenvalue weighted by molar-refractivity contribution is -0.138. The average molecular weight is 215 g/mol. The van der Waals surface area contributed by atoms with Crippen LogP contribution in [0.2, 0.25) is 0 Å². The Morgan fingerprint density at radius 3 is 2.80 bits per heavy atom. The molecule has 0 bridgehead atoms. The molecule has 1 aliphatic rings. The van der Waals surface area contributed by atoms with E-state index in [1.54, 1.807) is 0 Å². The molecule has 0 aromatic rings. The third-order valence-corrected chi connectivity index (χ3v) is 2.86. The lowest BCUT2D eigenvalue weighted by atomic mass is 10.2. The van der Waals surface area contributed by atoms with Crippen LogP contribution in [-0.4, -0.2) is 48.8 Å². The van der Waals surface area contributed by atoms with Gasteiger partial charge in [-0.1, -0.05) is 0 Å². The van der Waals surface area contributed by atoms with Crippen LogP contribution in [-0.2, 0) is 9.53 Å². The quantitative estimate of drug-likeness (QED) is 0.618. The van der Waals surface area contributed by atoms with Crippen molar-refractivity contribution in [2.24, 2.45) is 5.92 Å². The molecule has 0 heterocycles. The summed E-state index contributed by atoms with van der Waals surface area (Å²) >= 11 is 0. The normalized spacial score (nSPS) is 18.1. The fourth-order valence-corrected chi connectivity index (χ4v) is 1.37. The number of carboxylic acids is 1. The molecule has 1 atom stereocenters. The van der Waals surface area contributed by atoms with Crippen LogP contribution in [0.15, 0.2) is 0 Å². The maximum atomic E-state index is 10.5. The van der Waals surface area contributed by atoms with Crippen molar-refractivity contribution < 1.29 is 14.6 Å². The highest BCUT2D eigenvalue weighted by Crippen LogP contribution is 2.28. The number of carbonyl (C=O) groups is 1. The summed E-state index contributed by atoms with van der Waals surface area (Å²) in [4.78, 5) is 12.5. The van der Waals surface area contributed by atoms with Gasteiger partial charge in [0.2, 0.25) is 0 Å². The minimum atomic E-state index is -0.742. The summed E-state index contributed by atoms with van der Waals surface area (Å²) in [7, 11) is 1.94. The molecule has 1 saturated carbocycles. The van der Waals surface area contributed by atoms with Crippen molar-refractivity contribution in [3.05, 3.63) is 0 Å². The summed E-state index contributed by atoms with van der Waals surface area (Å²) in [6, 6.07) is 0.0759. The third-order valence-electron chi connectivity index (χ3n) is 2.86. The van der Waals surface area contributed by atoms with Crippen molar-refractivity contribution in [1.82, 2.24) is 4.90 Å². The first-order chi connectivity index (χ1) is 7.09. The Morgan fingerprint density at radius 2 is 2.27 bits per heavy atom. The number of carboxylic acid groups (broad SMARTS) is 1. The lowest BCUT2D eigenvalue weighted by Gasteiger charge is -2.22. The minimum absolute atomic E-state index is 0.0759. The van der Waals surface area contributed by atoms with Gasteiger partial charge in [-0.25, -0.2) is 0 Å². The van der Waals surface area contributed by atoms with Crippen molar-refractivity contribution in [2.75, 3.05) is 26.8 Å². The maximum absolute atomic E-state index is 10.5. The molecule has 88 valence electrons. The lowest BCUT2D eigenvalue weighted by Crippen LogP contribution is -2.33. The predicted molar refractivity (Wildman–Crippen MR) is 57.9 cm³/mol. The van der Waals surface area contributed by atoms with Gasteiger partial charge < -0.3 is 14.7 Å². The number of hydrogen-bond donors (Lipinski definition) is 1. The van der Waals surface area contributed by atoms with Gasteiger partial charge in [0.05, 0.1) is 13.0 Å². The van der Waals surface area contributed by atoms with Crippen LogP contribution in [0.25, 0.3) is 0 Å². The number of hydrogen-bond acceptors (Lipinski definition) is 3. The van der Waals surface area contributed by atoms with E-state index < -0.39 is 5.97 Å². The van der Waals surface area contributed by atoms with E-state index in [4.69, 9.17) is 9.84 Å². The van der Waals surface area contributed by atoms with E-state index in [0.29, 0.717) is 6.61 Å². The third kappa shape index (κ3) is 5.74. The predicted octanol–water partition coefficient (Wildman–Crippen LogP) is 1.21. The summed E-state index contributed by atoms with van der Waals surface area (Å²) in [6.07, 6.45) is 2.82. The number of rotatable bonds is 8. The molecule has 4 nitrogen and oxygen atoms in total. The highest BCUT2D eigenvalue weighted by molar-refractivity contribution is 5.67. The summed E-state index contributed by atoms with van der Waals surface area (Å²) in [5, 5.41) is 8.63. The molecule has 0 aliphatic heterocycles. The van der Waals surface area contributed by atoms with E-state index in [2.05, 4.69) is 0 Å². The van der Waals surface area contributed by atoms with Gasteiger partial charge in [0.25, 0.3) is 0 Å². The Balaban J connectivity index is 1.99. The van der Waals surface area contributed by atoms with E-state index in [-0.39, 0.29) is 12.5 Å². The zero-order valence-electron chi connectivity index (χ0n) is 9.61. The van der Waals surface area contributed by atoms with Crippen molar-refractivity contribution in [3.8, 4) is 0 Å². The molecule has 0 radical (unpaired) electrons. The minimum Gasteiger partial charge on any atom is -0.481 e. The Labute approximate surface area is 91.2 Å². The van der Waals surface area contributed by atoms with Gasteiger partial charge in [0, 0.05) is 19.2 Å². The van der Waals surface area contributed by atoms with Crippen molar-refractivity contribution >= 4 is 5.97 Å². The Kier molecular flexibility index (Phi) is 5.05. The van der Waals surface area contributed by atoms with E-state index >= 15 is 0 Å². The molecule has 0 amide bonds. The van der Waals surface area contributed by atoms with Crippen LogP contribution < -0.4 is 0 Å². The first-order valence-electron chi connectivity index (χ1n) is 5.59. The van der Waals surface area contributed by atoms with Crippen LogP contribution in [0, 0.1) is 5.92 Å². The maximum Gasteiger partial charge on any atom is 0.304 e. The first kappa shape index (κ1) is 12.5. The van der Waals surface area contributed by atoms with Gasteiger partial charge in [-0.05, 0) is 32.7 Å². The highest BCUT2D eigenvalue weighted by atomic mass is 16.5. The Morgan fingerprint density at radius 1 is 1.60 bits per heavy atom.